The van der Waals surface area contributed by atoms with Gasteiger partial charge in [-0.05, 0) is 27.7 Å². The number of rotatable bonds is 2. The van der Waals surface area contributed by atoms with E-state index in [-0.39, 0.29) is 5.54 Å². The van der Waals surface area contributed by atoms with Gasteiger partial charge in [0, 0.05) is 0 Å². The first-order valence-electron chi connectivity index (χ1n) is 4.60. The normalized spacial score (nSPS) is 11.6. The van der Waals surface area contributed by atoms with Crippen molar-refractivity contribution in [3.8, 4) is 11.6 Å². The Morgan fingerprint density at radius 2 is 1.71 bits per heavy atom. The second-order valence-corrected chi connectivity index (χ2v) is 4.21. The zero-order chi connectivity index (χ0) is 10.9. The van der Waals surface area contributed by atoms with Crippen LogP contribution >= 0.6 is 0 Å². The average Bonchev–Trinajstić information content (AvgIpc) is 2.40. The van der Waals surface area contributed by atoms with Crippen LogP contribution in [-0.2, 0) is 5.54 Å². The molecule has 0 bridgehead atoms. The van der Waals surface area contributed by atoms with E-state index in [1.165, 1.54) is 0 Å². The van der Waals surface area contributed by atoms with E-state index in [9.17, 15) is 0 Å². The molecule has 0 fully saturated rings. The van der Waals surface area contributed by atoms with Gasteiger partial charge in [-0.1, -0.05) is 0 Å². The third-order valence-corrected chi connectivity index (χ3v) is 2.00. The molecule has 0 amide bonds. The molecule has 0 spiro atoms. The summed E-state index contributed by atoms with van der Waals surface area (Å²) in [6.45, 7) is 8.12. The molecule has 0 aromatic carbocycles. The first-order chi connectivity index (χ1) is 6.41. The van der Waals surface area contributed by atoms with Crippen molar-refractivity contribution >= 4 is 0 Å². The Labute approximate surface area is 84.8 Å². The van der Waals surface area contributed by atoms with E-state index in [2.05, 4.69) is 25.9 Å². The summed E-state index contributed by atoms with van der Waals surface area (Å²) in [6.07, 6.45) is 0. The molecule has 1 heterocycles. The highest BCUT2D eigenvalue weighted by atomic mass is 16.5. The number of hydrogen-bond donors (Lipinski definition) is 0. The molecule has 0 unspecified atom stereocenters. The molecule has 0 saturated heterocycles. The van der Waals surface area contributed by atoms with Crippen LogP contribution in [0.1, 0.15) is 26.5 Å². The van der Waals surface area contributed by atoms with Crippen molar-refractivity contribution in [2.45, 2.75) is 33.2 Å². The number of aromatic nitrogens is 2. The number of ether oxygens (including phenoxy) is 2. The summed E-state index contributed by atoms with van der Waals surface area (Å²) in [4.78, 5) is 0. The second kappa shape index (κ2) is 3.52. The second-order valence-electron chi connectivity index (χ2n) is 4.21. The van der Waals surface area contributed by atoms with Gasteiger partial charge in [0.1, 0.15) is 5.69 Å². The highest BCUT2D eigenvalue weighted by molar-refractivity contribution is 5.39. The summed E-state index contributed by atoms with van der Waals surface area (Å²) in [5.74, 6) is 1.39. The van der Waals surface area contributed by atoms with E-state index in [0.29, 0.717) is 11.6 Å². The molecule has 1 aromatic rings. The Morgan fingerprint density at radius 1 is 1.14 bits per heavy atom. The SMILES string of the molecule is COc1c(C)nn(C(C)(C)C)c1OC. The number of nitrogens with zero attached hydrogens (tertiary/aromatic N) is 2. The fourth-order valence-electron chi connectivity index (χ4n) is 1.36. The van der Waals surface area contributed by atoms with Gasteiger partial charge in [-0.15, -0.1) is 0 Å². The maximum atomic E-state index is 5.29. The summed E-state index contributed by atoms with van der Waals surface area (Å²) in [7, 11) is 3.25. The third kappa shape index (κ3) is 1.69. The minimum Gasteiger partial charge on any atom is -0.490 e. The summed E-state index contributed by atoms with van der Waals surface area (Å²) < 4.78 is 12.4. The highest BCUT2D eigenvalue weighted by Crippen LogP contribution is 2.34. The van der Waals surface area contributed by atoms with Crippen LogP contribution < -0.4 is 9.47 Å². The van der Waals surface area contributed by atoms with Gasteiger partial charge in [0.2, 0.25) is 5.75 Å². The Bertz CT molecular complexity index is 324. The van der Waals surface area contributed by atoms with Crippen molar-refractivity contribution < 1.29 is 9.47 Å². The minimum absolute atomic E-state index is 0.104. The van der Waals surface area contributed by atoms with Crippen LogP contribution in [0.2, 0.25) is 0 Å². The van der Waals surface area contributed by atoms with Gasteiger partial charge in [0.15, 0.2) is 0 Å². The van der Waals surface area contributed by atoms with Gasteiger partial charge in [-0.2, -0.15) is 5.10 Å². The van der Waals surface area contributed by atoms with Gasteiger partial charge in [0.25, 0.3) is 5.88 Å². The smallest absolute Gasteiger partial charge is 0.256 e. The molecule has 0 atom stereocenters. The number of aryl methyl sites for hydroxylation is 1. The van der Waals surface area contributed by atoms with Crippen molar-refractivity contribution in [3.05, 3.63) is 5.69 Å². The van der Waals surface area contributed by atoms with E-state index in [0.717, 1.165) is 5.69 Å². The summed E-state index contributed by atoms with van der Waals surface area (Å²) in [6, 6.07) is 0. The Balaban J connectivity index is 3.31. The molecule has 14 heavy (non-hydrogen) atoms. The highest BCUT2D eigenvalue weighted by Gasteiger charge is 2.24. The lowest BCUT2D eigenvalue weighted by atomic mass is 10.1. The van der Waals surface area contributed by atoms with Crippen LogP contribution in [-0.4, -0.2) is 24.0 Å². The number of hydrogen-bond acceptors (Lipinski definition) is 3. The van der Waals surface area contributed by atoms with Crippen molar-refractivity contribution in [1.29, 1.82) is 0 Å². The maximum absolute atomic E-state index is 5.29. The van der Waals surface area contributed by atoms with E-state index >= 15 is 0 Å². The molecule has 80 valence electrons. The van der Waals surface area contributed by atoms with Crippen molar-refractivity contribution in [1.82, 2.24) is 9.78 Å². The van der Waals surface area contributed by atoms with Crippen LogP contribution in [0.4, 0.5) is 0 Å². The Morgan fingerprint density at radius 3 is 2.07 bits per heavy atom. The minimum atomic E-state index is -0.104. The Hall–Kier alpha value is -1.19. The first kappa shape index (κ1) is 10.9. The summed E-state index contributed by atoms with van der Waals surface area (Å²) in [5.41, 5.74) is 0.742. The lowest BCUT2D eigenvalue weighted by molar-refractivity contribution is 0.270. The molecule has 1 rings (SSSR count). The van der Waals surface area contributed by atoms with Gasteiger partial charge < -0.3 is 9.47 Å². The monoisotopic (exact) mass is 198 g/mol. The molecule has 4 heteroatoms. The molecule has 0 aliphatic rings. The predicted molar refractivity (Wildman–Crippen MR) is 55.1 cm³/mol. The molecule has 4 nitrogen and oxygen atoms in total. The average molecular weight is 198 g/mol. The maximum Gasteiger partial charge on any atom is 0.256 e. The molecule has 0 N–H and O–H groups in total. The zero-order valence-corrected chi connectivity index (χ0v) is 9.71. The van der Waals surface area contributed by atoms with E-state index < -0.39 is 0 Å². The molecule has 0 radical (unpaired) electrons. The van der Waals surface area contributed by atoms with Crippen LogP contribution in [0.25, 0.3) is 0 Å². The van der Waals surface area contributed by atoms with Gasteiger partial charge in [-0.25, -0.2) is 4.68 Å². The molecular weight excluding hydrogens is 180 g/mol. The van der Waals surface area contributed by atoms with Gasteiger partial charge in [0.05, 0.1) is 19.8 Å². The predicted octanol–water partition coefficient (Wildman–Crippen LogP) is 1.96. The molecular formula is C10H18N2O2. The van der Waals surface area contributed by atoms with Crippen molar-refractivity contribution in [2.24, 2.45) is 0 Å². The van der Waals surface area contributed by atoms with E-state index in [1.54, 1.807) is 14.2 Å². The van der Waals surface area contributed by atoms with E-state index in [1.807, 2.05) is 11.6 Å². The van der Waals surface area contributed by atoms with Crippen molar-refractivity contribution in [2.75, 3.05) is 14.2 Å². The topological polar surface area (TPSA) is 36.3 Å². The number of methoxy groups -OCH3 is 2. The zero-order valence-electron chi connectivity index (χ0n) is 9.71. The summed E-state index contributed by atoms with van der Waals surface area (Å²) in [5, 5.41) is 4.39. The van der Waals surface area contributed by atoms with E-state index in [4.69, 9.17) is 9.47 Å². The van der Waals surface area contributed by atoms with Crippen LogP contribution in [0.3, 0.4) is 0 Å². The largest absolute Gasteiger partial charge is 0.490 e. The van der Waals surface area contributed by atoms with Crippen LogP contribution in [0.15, 0.2) is 0 Å². The third-order valence-electron chi connectivity index (χ3n) is 2.00. The lowest BCUT2D eigenvalue weighted by Gasteiger charge is -2.21. The summed E-state index contributed by atoms with van der Waals surface area (Å²) >= 11 is 0. The van der Waals surface area contributed by atoms with Crippen LogP contribution in [0.5, 0.6) is 11.6 Å². The fourth-order valence-corrected chi connectivity index (χ4v) is 1.36. The van der Waals surface area contributed by atoms with Gasteiger partial charge >= 0.3 is 0 Å². The Kier molecular flexibility index (Phi) is 2.73. The fraction of sp³-hybridized carbons (Fsp3) is 0.700. The quantitative estimate of drug-likeness (QED) is 0.729. The van der Waals surface area contributed by atoms with Crippen molar-refractivity contribution in [3.63, 3.8) is 0 Å². The van der Waals surface area contributed by atoms with Crippen LogP contribution in [0, 0.1) is 6.92 Å². The standard InChI is InChI=1S/C10H18N2O2/c1-7-8(13-5)9(14-6)12(11-7)10(2,3)4/h1-6H3. The molecule has 0 saturated carbocycles. The molecule has 0 aliphatic heterocycles. The molecule has 0 aliphatic carbocycles. The molecule has 1 aromatic heterocycles. The lowest BCUT2D eigenvalue weighted by Crippen LogP contribution is -2.23. The first-order valence-corrected chi connectivity index (χ1v) is 4.60. The van der Waals surface area contributed by atoms with Gasteiger partial charge in [-0.3, -0.25) is 0 Å².